The van der Waals surface area contributed by atoms with Gasteiger partial charge in [-0.1, -0.05) is 12.1 Å². The molecule has 0 radical (unpaired) electrons. The third kappa shape index (κ3) is 4.45. The lowest BCUT2D eigenvalue weighted by Crippen LogP contribution is -2.30. The van der Waals surface area contributed by atoms with Gasteiger partial charge < -0.3 is 10.2 Å². The van der Waals surface area contributed by atoms with Gasteiger partial charge in [0.2, 0.25) is 5.91 Å². The predicted octanol–water partition coefficient (Wildman–Crippen LogP) is 1.74. The Hall–Kier alpha value is -1.42. The van der Waals surface area contributed by atoms with Crippen molar-refractivity contribution in [2.24, 2.45) is 0 Å². The van der Waals surface area contributed by atoms with Gasteiger partial charge >= 0.3 is 0 Å². The summed E-state index contributed by atoms with van der Waals surface area (Å²) in [5.74, 6) is -0.0552. The summed E-state index contributed by atoms with van der Waals surface area (Å²) in [6, 6.07) is 5.09. The monoisotopic (exact) mass is 252 g/mol. The number of carbonyl (C=O) groups excluding carboxylic acids is 1. The molecule has 1 aromatic carbocycles. The molecule has 3 nitrogen and oxygen atoms in total. The number of hydrogen-bond acceptors (Lipinski definition) is 2. The van der Waals surface area contributed by atoms with Crippen LogP contribution in [-0.4, -0.2) is 38.0 Å². The summed E-state index contributed by atoms with van der Waals surface area (Å²) in [6.45, 7) is 3.10. The number of halogens is 1. The molecule has 1 amide bonds. The van der Waals surface area contributed by atoms with Crippen LogP contribution in [0.4, 0.5) is 4.39 Å². The molecule has 4 heteroatoms. The van der Waals surface area contributed by atoms with Gasteiger partial charge in [-0.05, 0) is 37.6 Å². The second-order valence-corrected chi connectivity index (χ2v) is 4.50. The third-order valence-corrected chi connectivity index (χ3v) is 2.97. The van der Waals surface area contributed by atoms with Gasteiger partial charge in [-0.3, -0.25) is 4.79 Å². The summed E-state index contributed by atoms with van der Waals surface area (Å²) >= 11 is 0. The molecular formula is C14H21FN2O. The minimum Gasteiger partial charge on any atom is -0.345 e. The van der Waals surface area contributed by atoms with Crippen LogP contribution >= 0.6 is 0 Å². The highest BCUT2D eigenvalue weighted by atomic mass is 19.1. The van der Waals surface area contributed by atoms with E-state index in [-0.39, 0.29) is 11.7 Å². The van der Waals surface area contributed by atoms with E-state index >= 15 is 0 Å². The summed E-state index contributed by atoms with van der Waals surface area (Å²) in [4.78, 5) is 13.4. The normalized spacial score (nSPS) is 10.4. The van der Waals surface area contributed by atoms with Crippen LogP contribution in [-0.2, 0) is 11.2 Å². The number of nitrogens with one attached hydrogen (secondary N) is 1. The fraction of sp³-hybridized carbons (Fsp3) is 0.500. The van der Waals surface area contributed by atoms with E-state index in [9.17, 15) is 9.18 Å². The Morgan fingerprint density at radius 1 is 1.44 bits per heavy atom. The molecule has 0 spiro atoms. The fourth-order valence-corrected chi connectivity index (χ4v) is 1.71. The minimum absolute atomic E-state index is 0.128. The second-order valence-electron chi connectivity index (χ2n) is 4.50. The number of amides is 1. The van der Waals surface area contributed by atoms with Crippen molar-refractivity contribution in [3.05, 3.63) is 35.1 Å². The van der Waals surface area contributed by atoms with E-state index in [1.807, 2.05) is 13.1 Å². The molecule has 0 atom stereocenters. The van der Waals surface area contributed by atoms with Crippen LogP contribution in [0, 0.1) is 12.7 Å². The summed E-state index contributed by atoms with van der Waals surface area (Å²) in [7, 11) is 3.63. The van der Waals surface area contributed by atoms with Gasteiger partial charge in [0, 0.05) is 26.6 Å². The van der Waals surface area contributed by atoms with Crippen molar-refractivity contribution in [3.63, 3.8) is 0 Å². The summed E-state index contributed by atoms with van der Waals surface area (Å²) < 4.78 is 13.1. The lowest BCUT2D eigenvalue weighted by Gasteiger charge is -2.17. The highest BCUT2D eigenvalue weighted by Crippen LogP contribution is 2.10. The first-order valence-corrected chi connectivity index (χ1v) is 6.18. The molecule has 0 fully saturated rings. The van der Waals surface area contributed by atoms with E-state index in [2.05, 4.69) is 5.32 Å². The number of benzene rings is 1. The number of nitrogens with zero attached hydrogens (tertiary/aromatic N) is 1. The van der Waals surface area contributed by atoms with Gasteiger partial charge in [-0.25, -0.2) is 4.39 Å². The Balaban J connectivity index is 2.44. The first-order chi connectivity index (χ1) is 8.54. The van der Waals surface area contributed by atoms with Crippen molar-refractivity contribution in [3.8, 4) is 0 Å². The Kier molecular flexibility index (Phi) is 5.78. The zero-order chi connectivity index (χ0) is 13.5. The maximum Gasteiger partial charge on any atom is 0.223 e. The minimum atomic E-state index is -0.183. The molecule has 0 aliphatic carbocycles. The van der Waals surface area contributed by atoms with Gasteiger partial charge in [0.25, 0.3) is 0 Å². The zero-order valence-electron chi connectivity index (χ0n) is 11.3. The zero-order valence-corrected chi connectivity index (χ0v) is 11.3. The fourth-order valence-electron chi connectivity index (χ4n) is 1.71. The van der Waals surface area contributed by atoms with E-state index in [1.54, 1.807) is 24.9 Å². The molecular weight excluding hydrogens is 231 g/mol. The molecule has 0 aromatic heterocycles. The molecule has 0 saturated carbocycles. The van der Waals surface area contributed by atoms with E-state index in [0.717, 1.165) is 12.0 Å². The number of aryl methyl sites for hydroxylation is 1. The standard InChI is InChI=1S/C14H21FN2O/c1-11-10-12(4-5-13(11)15)7-9-17(3)14(18)6-8-16-2/h4-5,10,16H,6-9H2,1-3H3. The smallest absolute Gasteiger partial charge is 0.223 e. The Labute approximate surface area is 108 Å². The van der Waals surface area contributed by atoms with Crippen molar-refractivity contribution >= 4 is 5.91 Å². The average Bonchev–Trinajstić information content (AvgIpc) is 2.36. The average molecular weight is 252 g/mol. The molecule has 1 rings (SSSR count). The highest BCUT2D eigenvalue weighted by molar-refractivity contribution is 5.76. The van der Waals surface area contributed by atoms with Crippen LogP contribution in [0.5, 0.6) is 0 Å². The molecule has 18 heavy (non-hydrogen) atoms. The first-order valence-electron chi connectivity index (χ1n) is 6.18. The van der Waals surface area contributed by atoms with Crippen LogP contribution in [0.2, 0.25) is 0 Å². The quantitative estimate of drug-likeness (QED) is 0.836. The summed E-state index contributed by atoms with van der Waals surface area (Å²) in [5, 5.41) is 2.95. The van der Waals surface area contributed by atoms with Gasteiger partial charge in [0.05, 0.1) is 0 Å². The molecule has 0 saturated heterocycles. The van der Waals surface area contributed by atoms with E-state index < -0.39 is 0 Å². The Bertz CT molecular complexity index is 407. The lowest BCUT2D eigenvalue weighted by molar-refractivity contribution is -0.129. The largest absolute Gasteiger partial charge is 0.345 e. The van der Waals surface area contributed by atoms with Crippen LogP contribution in [0.25, 0.3) is 0 Å². The molecule has 100 valence electrons. The third-order valence-electron chi connectivity index (χ3n) is 2.97. The van der Waals surface area contributed by atoms with Crippen molar-refractivity contribution in [1.29, 1.82) is 0 Å². The van der Waals surface area contributed by atoms with Gasteiger partial charge in [-0.2, -0.15) is 0 Å². The number of likely N-dealkylation sites (N-methyl/N-ethyl adjacent to an activating group) is 1. The summed E-state index contributed by atoms with van der Waals surface area (Å²) in [6.07, 6.45) is 1.26. The van der Waals surface area contributed by atoms with E-state index in [0.29, 0.717) is 25.1 Å². The highest BCUT2D eigenvalue weighted by Gasteiger charge is 2.08. The van der Waals surface area contributed by atoms with Crippen LogP contribution < -0.4 is 5.32 Å². The maximum atomic E-state index is 13.1. The van der Waals surface area contributed by atoms with Crippen molar-refractivity contribution in [2.45, 2.75) is 19.8 Å². The SMILES string of the molecule is CNCCC(=O)N(C)CCc1ccc(F)c(C)c1. The second kappa shape index (κ2) is 7.11. The van der Waals surface area contributed by atoms with Gasteiger partial charge in [0.15, 0.2) is 0 Å². The van der Waals surface area contributed by atoms with Crippen molar-refractivity contribution in [1.82, 2.24) is 10.2 Å². The van der Waals surface area contributed by atoms with E-state index in [4.69, 9.17) is 0 Å². The molecule has 0 aliphatic heterocycles. The van der Waals surface area contributed by atoms with Crippen molar-refractivity contribution < 1.29 is 9.18 Å². The van der Waals surface area contributed by atoms with Crippen LogP contribution in [0.3, 0.4) is 0 Å². The number of carbonyl (C=O) groups is 1. The van der Waals surface area contributed by atoms with Crippen LogP contribution in [0.15, 0.2) is 18.2 Å². The topological polar surface area (TPSA) is 32.3 Å². The predicted molar refractivity (Wildman–Crippen MR) is 71.0 cm³/mol. The molecule has 1 aromatic rings. The van der Waals surface area contributed by atoms with E-state index in [1.165, 1.54) is 6.07 Å². The van der Waals surface area contributed by atoms with Gasteiger partial charge in [-0.15, -0.1) is 0 Å². The molecule has 0 heterocycles. The number of rotatable bonds is 6. The molecule has 0 aliphatic rings. The summed E-state index contributed by atoms with van der Waals surface area (Å²) in [5.41, 5.74) is 1.71. The van der Waals surface area contributed by atoms with Gasteiger partial charge in [0.1, 0.15) is 5.82 Å². The lowest BCUT2D eigenvalue weighted by atomic mass is 10.1. The maximum absolute atomic E-state index is 13.1. The number of hydrogen-bond donors (Lipinski definition) is 1. The van der Waals surface area contributed by atoms with Crippen LogP contribution in [0.1, 0.15) is 17.5 Å². The first kappa shape index (κ1) is 14.6. The Morgan fingerprint density at radius 2 is 2.17 bits per heavy atom. The molecule has 0 unspecified atom stereocenters. The molecule has 0 bridgehead atoms. The Morgan fingerprint density at radius 3 is 2.78 bits per heavy atom. The molecule has 1 N–H and O–H groups in total. The van der Waals surface area contributed by atoms with Crippen molar-refractivity contribution in [2.75, 3.05) is 27.2 Å².